The molecule has 0 aromatic heterocycles. The third-order valence-electron chi connectivity index (χ3n) is 3.39. The van der Waals surface area contributed by atoms with Crippen LogP contribution in [0.3, 0.4) is 0 Å². The summed E-state index contributed by atoms with van der Waals surface area (Å²) in [5.74, 6) is -5.94. The number of carboxylic acid groups (broad SMARTS) is 3. The summed E-state index contributed by atoms with van der Waals surface area (Å²) in [4.78, 5) is 45.3. The summed E-state index contributed by atoms with van der Waals surface area (Å²) in [6.07, 6.45) is -4.23. The lowest BCUT2D eigenvalue weighted by molar-refractivity contribution is -0.146. The molecular formula is C17H20O11. The molecule has 1 rings (SSSR count). The molecule has 3 unspecified atom stereocenters. The van der Waals surface area contributed by atoms with Gasteiger partial charge in [-0.15, -0.1) is 0 Å². The van der Waals surface area contributed by atoms with Gasteiger partial charge < -0.3 is 34.3 Å². The van der Waals surface area contributed by atoms with Gasteiger partial charge in [-0.05, 0) is 32.9 Å². The summed E-state index contributed by atoms with van der Waals surface area (Å²) in [5.41, 5.74) is -0.155. The van der Waals surface area contributed by atoms with Gasteiger partial charge in [0.15, 0.2) is 29.8 Å². The quantitative estimate of drug-likeness (QED) is 0.480. The van der Waals surface area contributed by atoms with E-state index in [1.54, 1.807) is 0 Å². The number of hydrogen-bond acceptors (Lipinski definition) is 8. The van der Waals surface area contributed by atoms with E-state index in [9.17, 15) is 19.2 Å². The SMILES string of the molecule is COC(=O)c1cc(OC(C)C(=O)O)c(OC(C)C(=O)O)c(OC(C)C(=O)O)c1. The normalized spacial score (nSPS) is 13.6. The third kappa shape index (κ3) is 5.76. The lowest BCUT2D eigenvalue weighted by atomic mass is 10.1. The summed E-state index contributed by atoms with van der Waals surface area (Å²) in [6.45, 7) is 3.57. The molecule has 0 fully saturated rings. The van der Waals surface area contributed by atoms with E-state index in [1.165, 1.54) is 20.8 Å². The molecule has 0 heterocycles. The topological polar surface area (TPSA) is 166 Å². The Labute approximate surface area is 159 Å². The van der Waals surface area contributed by atoms with Crippen molar-refractivity contribution in [3.05, 3.63) is 17.7 Å². The van der Waals surface area contributed by atoms with Gasteiger partial charge in [0.25, 0.3) is 0 Å². The second kappa shape index (κ2) is 9.44. The number of carbonyl (C=O) groups is 4. The second-order valence-electron chi connectivity index (χ2n) is 5.59. The van der Waals surface area contributed by atoms with Crippen molar-refractivity contribution >= 4 is 23.9 Å². The molecule has 11 nitrogen and oxygen atoms in total. The standard InChI is InChI=1S/C17H20O11/c1-7(14(18)19)26-11-5-10(17(24)25-4)6-12(27-8(2)15(20)21)13(11)28-9(3)16(22)23/h5-9H,1-4H3,(H,18,19)(H,20,21)(H,22,23). The fourth-order valence-corrected chi connectivity index (χ4v) is 1.81. The molecule has 0 bridgehead atoms. The third-order valence-corrected chi connectivity index (χ3v) is 3.39. The fraction of sp³-hybridized carbons (Fsp3) is 0.412. The van der Waals surface area contributed by atoms with Crippen molar-refractivity contribution in [1.82, 2.24) is 0 Å². The van der Waals surface area contributed by atoms with Crippen LogP contribution in [0.4, 0.5) is 0 Å². The van der Waals surface area contributed by atoms with Crippen LogP contribution in [0.2, 0.25) is 0 Å². The maximum Gasteiger partial charge on any atom is 0.344 e. The number of carboxylic acids is 3. The number of carbonyl (C=O) groups excluding carboxylic acids is 1. The highest BCUT2D eigenvalue weighted by Crippen LogP contribution is 2.41. The molecule has 1 aromatic carbocycles. The smallest absolute Gasteiger partial charge is 0.344 e. The molecule has 0 aliphatic rings. The van der Waals surface area contributed by atoms with Crippen LogP contribution in [0.1, 0.15) is 31.1 Å². The minimum atomic E-state index is -1.42. The molecule has 0 spiro atoms. The zero-order valence-corrected chi connectivity index (χ0v) is 15.5. The number of methoxy groups -OCH3 is 1. The predicted molar refractivity (Wildman–Crippen MR) is 91.0 cm³/mol. The number of benzene rings is 1. The van der Waals surface area contributed by atoms with Gasteiger partial charge in [0, 0.05) is 0 Å². The van der Waals surface area contributed by atoms with Gasteiger partial charge in [0.1, 0.15) is 0 Å². The van der Waals surface area contributed by atoms with Crippen LogP contribution in [-0.4, -0.2) is 64.6 Å². The average molecular weight is 400 g/mol. The molecule has 0 aliphatic carbocycles. The van der Waals surface area contributed by atoms with Crippen LogP contribution in [0.5, 0.6) is 17.2 Å². The molecule has 3 N–H and O–H groups in total. The van der Waals surface area contributed by atoms with Crippen molar-refractivity contribution in [2.24, 2.45) is 0 Å². The van der Waals surface area contributed by atoms with Gasteiger partial charge in [-0.25, -0.2) is 19.2 Å². The summed E-state index contributed by atoms with van der Waals surface area (Å²) in [7, 11) is 1.10. The first-order chi connectivity index (χ1) is 13.0. The van der Waals surface area contributed by atoms with Crippen molar-refractivity contribution in [1.29, 1.82) is 0 Å². The van der Waals surface area contributed by atoms with Gasteiger partial charge in [-0.1, -0.05) is 0 Å². The molecule has 3 atom stereocenters. The number of rotatable bonds is 10. The molecule has 154 valence electrons. The Morgan fingerprint density at radius 3 is 1.43 bits per heavy atom. The Hall–Kier alpha value is -3.50. The van der Waals surface area contributed by atoms with Gasteiger partial charge >= 0.3 is 23.9 Å². The zero-order valence-electron chi connectivity index (χ0n) is 15.5. The Balaban J connectivity index is 3.59. The number of hydrogen-bond donors (Lipinski definition) is 3. The van der Waals surface area contributed by atoms with Crippen LogP contribution >= 0.6 is 0 Å². The first-order valence-electron chi connectivity index (χ1n) is 7.92. The van der Waals surface area contributed by atoms with Crippen LogP contribution in [0, 0.1) is 0 Å². The molecule has 28 heavy (non-hydrogen) atoms. The maximum absolute atomic E-state index is 11.9. The number of ether oxygens (including phenoxy) is 4. The van der Waals surface area contributed by atoms with Crippen LogP contribution in [-0.2, 0) is 19.1 Å². The van der Waals surface area contributed by atoms with E-state index in [0.717, 1.165) is 19.2 Å². The highest BCUT2D eigenvalue weighted by molar-refractivity contribution is 5.91. The van der Waals surface area contributed by atoms with E-state index >= 15 is 0 Å². The molecule has 0 radical (unpaired) electrons. The monoisotopic (exact) mass is 400 g/mol. The van der Waals surface area contributed by atoms with E-state index in [4.69, 9.17) is 29.5 Å². The van der Waals surface area contributed by atoms with Crippen molar-refractivity contribution in [3.63, 3.8) is 0 Å². The number of esters is 1. The van der Waals surface area contributed by atoms with Gasteiger partial charge in [0.05, 0.1) is 12.7 Å². The molecule has 0 amide bonds. The van der Waals surface area contributed by atoms with E-state index in [2.05, 4.69) is 4.74 Å². The highest BCUT2D eigenvalue weighted by Gasteiger charge is 2.27. The molecular weight excluding hydrogens is 380 g/mol. The minimum Gasteiger partial charge on any atom is -0.479 e. The first kappa shape index (κ1) is 22.5. The lowest BCUT2D eigenvalue weighted by Gasteiger charge is -2.22. The predicted octanol–water partition coefficient (Wildman–Crippen LogP) is 1.03. The molecule has 11 heteroatoms. The Morgan fingerprint density at radius 1 is 0.750 bits per heavy atom. The van der Waals surface area contributed by atoms with E-state index in [1.807, 2.05) is 0 Å². The summed E-state index contributed by atoms with van der Waals surface area (Å²) in [5, 5.41) is 27.2. The molecule has 1 aromatic rings. The maximum atomic E-state index is 11.9. The van der Waals surface area contributed by atoms with E-state index < -0.39 is 42.2 Å². The molecule has 0 aliphatic heterocycles. The van der Waals surface area contributed by atoms with Crippen LogP contribution < -0.4 is 14.2 Å². The average Bonchev–Trinajstić information content (AvgIpc) is 2.62. The van der Waals surface area contributed by atoms with Gasteiger partial charge in [-0.2, -0.15) is 0 Å². The largest absolute Gasteiger partial charge is 0.479 e. The highest BCUT2D eigenvalue weighted by atomic mass is 16.6. The molecule has 0 saturated carbocycles. The van der Waals surface area contributed by atoms with Crippen molar-refractivity contribution in [3.8, 4) is 17.2 Å². The Morgan fingerprint density at radius 2 is 1.11 bits per heavy atom. The van der Waals surface area contributed by atoms with Crippen LogP contribution in [0.25, 0.3) is 0 Å². The van der Waals surface area contributed by atoms with E-state index in [0.29, 0.717) is 0 Å². The van der Waals surface area contributed by atoms with Crippen molar-refractivity contribution in [2.45, 2.75) is 39.1 Å². The van der Waals surface area contributed by atoms with E-state index in [-0.39, 0.29) is 22.8 Å². The summed E-state index contributed by atoms with van der Waals surface area (Å²) >= 11 is 0. The first-order valence-corrected chi connectivity index (χ1v) is 7.92. The Kier molecular flexibility index (Phi) is 7.60. The van der Waals surface area contributed by atoms with Gasteiger partial charge in [0.2, 0.25) is 5.75 Å². The summed E-state index contributed by atoms with van der Waals surface area (Å²) in [6, 6.07) is 2.15. The molecule has 0 saturated heterocycles. The number of aliphatic carboxylic acids is 3. The van der Waals surface area contributed by atoms with Crippen molar-refractivity contribution in [2.75, 3.05) is 7.11 Å². The van der Waals surface area contributed by atoms with Crippen LogP contribution in [0.15, 0.2) is 12.1 Å². The summed E-state index contributed by atoms with van der Waals surface area (Å²) < 4.78 is 20.4. The minimum absolute atomic E-state index is 0.155. The fourth-order valence-electron chi connectivity index (χ4n) is 1.81. The van der Waals surface area contributed by atoms with Gasteiger partial charge in [-0.3, -0.25) is 0 Å². The lowest BCUT2D eigenvalue weighted by Crippen LogP contribution is -2.27. The second-order valence-corrected chi connectivity index (χ2v) is 5.59. The zero-order chi connectivity index (χ0) is 21.6. The Bertz CT molecular complexity index is 727. The van der Waals surface area contributed by atoms with Crippen molar-refractivity contribution < 1.29 is 53.4 Å².